The standard InChI is InChI=1S/C33H37N3O7S/c1-5-42-31(38)22-13-10-14-35(19-22)27(37)17-24-20-44-33-34-29(21-11-8-7-9-12-21)28(32(39)43-6-2)30(36(24)33)23-15-25(40-3)18-26(16-23)41-4/h7-9,11-12,15-16,18,20,22,30H,5-6,10,13-14,17,19H2,1-4H3/t22-,30+/m0/s1. The molecule has 1 saturated heterocycles. The molecule has 1 amide bonds. The SMILES string of the molecule is CCOC(=O)C1=C(c2ccccc2)N=C2SC=C(CC(=O)N3CCC[C@H](C(=O)OCC)C3)N2[C@@H]1c1cc(OC)cc(OC)c1. The van der Waals surface area contributed by atoms with Crippen LogP contribution in [0.2, 0.25) is 0 Å². The van der Waals surface area contributed by atoms with Crippen molar-refractivity contribution in [3.05, 3.63) is 76.3 Å². The van der Waals surface area contributed by atoms with Gasteiger partial charge in [-0.1, -0.05) is 42.1 Å². The van der Waals surface area contributed by atoms with Gasteiger partial charge in [0, 0.05) is 30.4 Å². The smallest absolute Gasteiger partial charge is 0.338 e. The van der Waals surface area contributed by atoms with Crippen LogP contribution >= 0.6 is 11.8 Å². The Morgan fingerprint density at radius 2 is 1.68 bits per heavy atom. The van der Waals surface area contributed by atoms with Gasteiger partial charge in [-0.3, -0.25) is 9.59 Å². The Balaban J connectivity index is 1.56. The summed E-state index contributed by atoms with van der Waals surface area (Å²) < 4.78 is 22.0. The number of amidine groups is 1. The lowest BCUT2D eigenvalue weighted by Gasteiger charge is -2.38. The van der Waals surface area contributed by atoms with Crippen LogP contribution in [-0.4, -0.2) is 73.3 Å². The monoisotopic (exact) mass is 619 g/mol. The number of benzene rings is 2. The van der Waals surface area contributed by atoms with Crippen molar-refractivity contribution < 1.29 is 33.3 Å². The van der Waals surface area contributed by atoms with Crippen LogP contribution in [0.15, 0.2) is 70.2 Å². The number of rotatable bonds is 10. The zero-order valence-electron chi connectivity index (χ0n) is 25.4. The lowest BCUT2D eigenvalue weighted by Crippen LogP contribution is -2.44. The third kappa shape index (κ3) is 6.47. The number of thioether (sulfide) groups is 1. The molecule has 0 radical (unpaired) electrons. The van der Waals surface area contributed by atoms with Gasteiger partial charge >= 0.3 is 11.9 Å². The minimum atomic E-state index is -0.691. The number of carbonyl (C=O) groups excluding carboxylic acids is 3. The summed E-state index contributed by atoms with van der Waals surface area (Å²) in [6.07, 6.45) is 1.48. The number of hydrogen-bond donors (Lipinski definition) is 0. The van der Waals surface area contributed by atoms with E-state index in [0.29, 0.717) is 65.3 Å². The van der Waals surface area contributed by atoms with E-state index in [9.17, 15) is 14.4 Å². The fourth-order valence-electron chi connectivity index (χ4n) is 5.71. The maximum absolute atomic E-state index is 13.8. The van der Waals surface area contributed by atoms with Crippen molar-refractivity contribution in [2.45, 2.75) is 39.2 Å². The van der Waals surface area contributed by atoms with Crippen LogP contribution < -0.4 is 9.47 Å². The van der Waals surface area contributed by atoms with Crippen LogP contribution in [0, 0.1) is 5.92 Å². The summed E-state index contributed by atoms with van der Waals surface area (Å²) in [5.41, 5.74) is 3.03. The van der Waals surface area contributed by atoms with Crippen molar-refractivity contribution in [3.63, 3.8) is 0 Å². The maximum atomic E-state index is 13.8. The average Bonchev–Trinajstić information content (AvgIpc) is 3.46. The lowest BCUT2D eigenvalue weighted by molar-refractivity contribution is -0.151. The Hall–Kier alpha value is -4.25. The van der Waals surface area contributed by atoms with E-state index in [1.54, 1.807) is 39.0 Å². The van der Waals surface area contributed by atoms with Crippen LogP contribution in [-0.2, 0) is 23.9 Å². The van der Waals surface area contributed by atoms with Crippen LogP contribution in [0.5, 0.6) is 11.5 Å². The van der Waals surface area contributed by atoms with Gasteiger partial charge in [0.2, 0.25) is 5.91 Å². The number of piperidine rings is 1. The van der Waals surface area contributed by atoms with Crippen LogP contribution in [0.1, 0.15) is 50.3 Å². The van der Waals surface area contributed by atoms with E-state index in [2.05, 4.69) is 0 Å². The Kier molecular flexibility index (Phi) is 9.94. The number of nitrogens with zero attached hydrogens (tertiary/aromatic N) is 3. The molecule has 2 atom stereocenters. The molecule has 2 aromatic carbocycles. The fraction of sp³-hybridized carbons (Fsp3) is 0.394. The highest BCUT2D eigenvalue weighted by Crippen LogP contribution is 2.48. The molecule has 2 aromatic rings. The Bertz CT molecular complexity index is 1480. The van der Waals surface area contributed by atoms with Crippen molar-refractivity contribution in [1.29, 1.82) is 0 Å². The first-order valence-electron chi connectivity index (χ1n) is 14.8. The van der Waals surface area contributed by atoms with Crippen molar-refractivity contribution in [2.75, 3.05) is 40.5 Å². The van der Waals surface area contributed by atoms with E-state index in [1.807, 2.05) is 52.8 Å². The molecule has 10 nitrogen and oxygen atoms in total. The molecular formula is C33H37N3O7S. The molecule has 0 unspecified atom stereocenters. The van der Waals surface area contributed by atoms with Gasteiger partial charge in [-0.05, 0) is 49.8 Å². The summed E-state index contributed by atoms with van der Waals surface area (Å²) >= 11 is 1.40. The normalized spacial score (nSPS) is 19.5. The predicted octanol–water partition coefficient (Wildman–Crippen LogP) is 5.17. The molecule has 232 valence electrons. The first kappa shape index (κ1) is 31.2. The van der Waals surface area contributed by atoms with E-state index in [-0.39, 0.29) is 30.8 Å². The second-order valence-electron chi connectivity index (χ2n) is 10.5. The molecule has 0 saturated carbocycles. The van der Waals surface area contributed by atoms with Crippen LogP contribution in [0.4, 0.5) is 0 Å². The maximum Gasteiger partial charge on any atom is 0.338 e. The zero-order valence-corrected chi connectivity index (χ0v) is 26.2. The minimum absolute atomic E-state index is 0.0654. The molecule has 11 heteroatoms. The van der Waals surface area contributed by atoms with Crippen LogP contribution in [0.25, 0.3) is 5.70 Å². The molecule has 0 spiro atoms. The lowest BCUT2D eigenvalue weighted by atomic mass is 9.91. The molecule has 0 aliphatic carbocycles. The number of hydrogen-bond acceptors (Lipinski definition) is 10. The molecule has 5 rings (SSSR count). The van der Waals surface area contributed by atoms with E-state index < -0.39 is 12.0 Å². The van der Waals surface area contributed by atoms with Gasteiger partial charge in [0.25, 0.3) is 0 Å². The fourth-order valence-corrected chi connectivity index (χ4v) is 6.63. The van der Waals surface area contributed by atoms with Crippen molar-refractivity contribution in [2.24, 2.45) is 10.9 Å². The van der Waals surface area contributed by atoms with Gasteiger partial charge < -0.3 is 28.7 Å². The molecule has 3 aliphatic rings. The van der Waals surface area contributed by atoms with Crippen molar-refractivity contribution >= 4 is 40.5 Å². The quantitative estimate of drug-likeness (QED) is 0.333. The predicted molar refractivity (Wildman–Crippen MR) is 168 cm³/mol. The molecule has 3 heterocycles. The number of methoxy groups -OCH3 is 2. The van der Waals surface area contributed by atoms with Gasteiger partial charge in [-0.2, -0.15) is 0 Å². The van der Waals surface area contributed by atoms with Gasteiger partial charge in [-0.25, -0.2) is 9.79 Å². The van der Waals surface area contributed by atoms with Gasteiger partial charge in [-0.15, -0.1) is 0 Å². The highest BCUT2D eigenvalue weighted by Gasteiger charge is 2.43. The minimum Gasteiger partial charge on any atom is -0.497 e. The Labute approximate surface area is 261 Å². The van der Waals surface area contributed by atoms with Crippen molar-refractivity contribution in [1.82, 2.24) is 9.80 Å². The third-order valence-corrected chi connectivity index (χ3v) is 8.66. The largest absolute Gasteiger partial charge is 0.497 e. The van der Waals surface area contributed by atoms with Gasteiger partial charge in [0.1, 0.15) is 11.5 Å². The number of amides is 1. The summed E-state index contributed by atoms with van der Waals surface area (Å²) in [5, 5.41) is 2.54. The summed E-state index contributed by atoms with van der Waals surface area (Å²) in [5.74, 6) is -0.105. The Morgan fingerprint density at radius 1 is 0.977 bits per heavy atom. The Morgan fingerprint density at radius 3 is 2.34 bits per heavy atom. The summed E-state index contributed by atoms with van der Waals surface area (Å²) in [6.45, 7) is 4.92. The van der Waals surface area contributed by atoms with Crippen molar-refractivity contribution in [3.8, 4) is 11.5 Å². The second-order valence-corrected chi connectivity index (χ2v) is 11.3. The number of carbonyl (C=O) groups is 3. The second kappa shape index (κ2) is 14.0. The number of fused-ring (bicyclic) bond motifs is 1. The third-order valence-electron chi connectivity index (χ3n) is 7.77. The zero-order chi connectivity index (χ0) is 31.2. The first-order chi connectivity index (χ1) is 21.4. The topological polar surface area (TPSA) is 107 Å². The van der Waals surface area contributed by atoms with E-state index in [1.165, 1.54) is 11.8 Å². The molecule has 44 heavy (non-hydrogen) atoms. The summed E-state index contributed by atoms with van der Waals surface area (Å²) in [7, 11) is 3.14. The van der Waals surface area contributed by atoms with Gasteiger partial charge in [0.05, 0.1) is 57.1 Å². The molecule has 0 aromatic heterocycles. The number of ether oxygens (including phenoxy) is 4. The number of likely N-dealkylation sites (tertiary alicyclic amines) is 1. The summed E-state index contributed by atoms with van der Waals surface area (Å²) in [6, 6.07) is 14.3. The number of esters is 2. The highest BCUT2D eigenvalue weighted by molar-refractivity contribution is 8.16. The first-order valence-corrected chi connectivity index (χ1v) is 15.6. The van der Waals surface area contributed by atoms with Gasteiger partial charge in [0.15, 0.2) is 5.17 Å². The van der Waals surface area contributed by atoms with E-state index in [4.69, 9.17) is 23.9 Å². The number of aliphatic imine (C=N–C) groups is 1. The molecule has 0 N–H and O–H groups in total. The van der Waals surface area contributed by atoms with E-state index >= 15 is 0 Å². The molecule has 1 fully saturated rings. The van der Waals surface area contributed by atoms with Crippen LogP contribution in [0.3, 0.4) is 0 Å². The molecule has 3 aliphatic heterocycles. The average molecular weight is 620 g/mol. The highest BCUT2D eigenvalue weighted by atomic mass is 32.2. The molecular weight excluding hydrogens is 582 g/mol. The van der Waals surface area contributed by atoms with E-state index in [0.717, 1.165) is 12.0 Å². The molecule has 0 bridgehead atoms. The summed E-state index contributed by atoms with van der Waals surface area (Å²) in [4.78, 5) is 48.6.